The van der Waals surface area contributed by atoms with Gasteiger partial charge in [-0.25, -0.2) is 48.3 Å². The van der Waals surface area contributed by atoms with Crippen molar-refractivity contribution in [1.29, 1.82) is 0 Å². The second-order valence-corrected chi connectivity index (χ2v) is 32.2. The summed E-state index contributed by atoms with van der Waals surface area (Å²) in [6, 6.07) is 72.1. The number of nitrogens with zero attached hydrogens (tertiary/aromatic N) is 12. The third kappa shape index (κ3) is 26.8. The third-order valence-corrected chi connectivity index (χ3v) is 21.9. The van der Waals surface area contributed by atoms with Gasteiger partial charge in [-0.1, -0.05) is 107 Å². The van der Waals surface area contributed by atoms with Gasteiger partial charge in [0.05, 0.1) is 63.9 Å². The maximum atomic E-state index is 13.1. The average Bonchev–Trinajstić information content (AvgIpc) is 0.804. The van der Waals surface area contributed by atoms with Gasteiger partial charge < -0.3 is 59.9 Å². The zero-order chi connectivity index (χ0) is 101. The number of hydrogen-bond donors (Lipinski definition) is 6. The summed E-state index contributed by atoms with van der Waals surface area (Å²) < 4.78 is 43.2. The smallest absolute Gasteiger partial charge is 0.356 e. The highest BCUT2D eigenvalue weighted by Crippen LogP contribution is 2.32. The van der Waals surface area contributed by atoms with Crippen LogP contribution >= 0.6 is 23.2 Å². The lowest BCUT2D eigenvalue weighted by Gasteiger charge is -2.17. The molecule has 8 aromatic carbocycles. The number of aryl methyl sites for hydroxylation is 2. The predicted molar refractivity (Wildman–Crippen MR) is 537 cm³/mol. The first-order valence-corrected chi connectivity index (χ1v) is 44.8. The minimum Gasteiger partial charge on any atom is -0.478 e. The van der Waals surface area contributed by atoms with Gasteiger partial charge >= 0.3 is 46.6 Å². The SMILES string of the molecule is CCn1c(=O)cc(Nc2ccc(Oc3ccnc(C(=O)O)c3)cc2)n(Cc2ccc(Cl)cc2)c1=O.CCn1c(=O)cc(Nc2ccc(Oc3ccnc(C(=O)OC)c3)cc2)n(Cc2ccc(C)cc2)c1=O.CCn1c(=O)cc(Nc2ccc(Oc3cncc(C(=O)O)c3)cc2)n(Cc2ccc(Cl)cc2)c1=O.CCn1c(=O)cc(Nc2ccc(Oc3cncc(C(=O)OC)c3)cc2)n(Cc2ccc(C)cc2)c1=O. The Bertz CT molecular complexity index is 7310. The van der Waals surface area contributed by atoms with Crippen LogP contribution < -0.4 is 85.2 Å². The van der Waals surface area contributed by atoms with E-state index in [9.17, 15) is 57.5 Å². The number of aromatic carboxylic acids is 2. The molecular formula is C104H94Cl2N16O20. The minimum absolute atomic E-state index is 0.0151. The molecule has 0 amide bonds. The maximum absolute atomic E-state index is 13.1. The highest BCUT2D eigenvalue weighted by Gasteiger charge is 2.21. The molecule has 16 aromatic rings. The zero-order valence-electron chi connectivity index (χ0n) is 77.7. The summed E-state index contributed by atoms with van der Waals surface area (Å²) in [4.78, 5) is 163. The number of hydrogen-bond acceptors (Lipinski definition) is 26. The summed E-state index contributed by atoms with van der Waals surface area (Å²) in [7, 11) is 2.58. The monoisotopic (exact) mass is 1960 g/mol. The lowest BCUT2D eigenvalue weighted by atomic mass is 10.1. The molecule has 0 fully saturated rings. The van der Waals surface area contributed by atoms with Crippen molar-refractivity contribution in [2.24, 2.45) is 0 Å². The van der Waals surface area contributed by atoms with Crippen molar-refractivity contribution in [1.82, 2.24) is 56.5 Å². The molecular weight excluding hydrogens is 1860 g/mol. The molecule has 0 spiro atoms. The first-order chi connectivity index (χ1) is 68.4. The fraction of sp³-hybridized carbons (Fsp3) is 0.154. The van der Waals surface area contributed by atoms with Crippen LogP contribution in [0.2, 0.25) is 10.0 Å². The summed E-state index contributed by atoms with van der Waals surface area (Å²) in [5, 5.41) is 32.0. The number of carbonyl (C=O) groups is 4. The van der Waals surface area contributed by atoms with Crippen LogP contribution in [0.25, 0.3) is 0 Å². The predicted octanol–water partition coefficient (Wildman–Crippen LogP) is 16.9. The van der Waals surface area contributed by atoms with Crippen LogP contribution in [0.3, 0.4) is 0 Å². The summed E-state index contributed by atoms with van der Waals surface area (Å²) in [5.74, 6) is 1.55. The highest BCUT2D eigenvalue weighted by atomic mass is 35.5. The number of halogens is 2. The number of anilines is 8. The van der Waals surface area contributed by atoms with E-state index in [2.05, 4.69) is 45.9 Å². The van der Waals surface area contributed by atoms with E-state index in [1.165, 1.54) is 118 Å². The van der Waals surface area contributed by atoms with Crippen molar-refractivity contribution in [2.45, 2.75) is 93.9 Å². The molecule has 8 heterocycles. The van der Waals surface area contributed by atoms with Crippen LogP contribution in [0.4, 0.5) is 46.0 Å². The Balaban J connectivity index is 0.000000159. The average molecular weight is 1960 g/mol. The molecule has 0 aliphatic carbocycles. The van der Waals surface area contributed by atoms with Crippen molar-refractivity contribution >= 4 is 93.1 Å². The number of carboxylic acids is 2. The van der Waals surface area contributed by atoms with E-state index in [1.807, 2.05) is 86.6 Å². The van der Waals surface area contributed by atoms with Crippen molar-refractivity contribution in [2.75, 3.05) is 35.5 Å². The van der Waals surface area contributed by atoms with Gasteiger partial charge in [-0.2, -0.15) is 0 Å². The molecule has 36 nitrogen and oxygen atoms in total. The van der Waals surface area contributed by atoms with Crippen molar-refractivity contribution in [3.63, 3.8) is 0 Å². The van der Waals surface area contributed by atoms with Crippen LogP contribution in [0.5, 0.6) is 46.0 Å². The normalized spacial score (nSPS) is 10.7. The molecule has 142 heavy (non-hydrogen) atoms. The van der Waals surface area contributed by atoms with Crippen LogP contribution in [-0.4, -0.2) is 105 Å². The summed E-state index contributed by atoms with van der Waals surface area (Å²) >= 11 is 11.9. The molecule has 0 unspecified atom stereocenters. The molecule has 0 saturated heterocycles. The van der Waals surface area contributed by atoms with Crippen LogP contribution in [0, 0.1) is 13.8 Å². The Morgan fingerprint density at radius 3 is 0.866 bits per heavy atom. The lowest BCUT2D eigenvalue weighted by molar-refractivity contribution is 0.0587. The summed E-state index contributed by atoms with van der Waals surface area (Å²) in [6.45, 7) is 13.2. The number of carbonyl (C=O) groups excluding carboxylic acids is 2. The Kier molecular flexibility index (Phi) is 34.0. The van der Waals surface area contributed by atoms with E-state index in [1.54, 1.807) is 170 Å². The number of nitrogens with one attached hydrogen (secondary N) is 4. The van der Waals surface area contributed by atoms with Gasteiger partial charge in [-0.3, -0.25) is 65.7 Å². The molecule has 0 atom stereocenters. The van der Waals surface area contributed by atoms with E-state index >= 15 is 0 Å². The Morgan fingerprint density at radius 1 is 0.303 bits per heavy atom. The number of pyridine rings is 4. The zero-order valence-corrected chi connectivity index (χ0v) is 79.2. The van der Waals surface area contributed by atoms with Crippen molar-refractivity contribution in [3.8, 4) is 46.0 Å². The van der Waals surface area contributed by atoms with Crippen molar-refractivity contribution < 1.29 is 57.8 Å². The number of carboxylic acid groups (broad SMARTS) is 2. The fourth-order valence-electron chi connectivity index (χ4n) is 14.1. The van der Waals surface area contributed by atoms with E-state index in [0.29, 0.717) is 109 Å². The second kappa shape index (κ2) is 47.6. The van der Waals surface area contributed by atoms with Crippen LogP contribution in [0.1, 0.15) is 103 Å². The molecule has 6 N–H and O–H groups in total. The lowest BCUT2D eigenvalue weighted by Crippen LogP contribution is -2.40. The van der Waals surface area contributed by atoms with E-state index in [4.69, 9.17) is 57.1 Å². The molecule has 0 radical (unpaired) electrons. The second-order valence-electron chi connectivity index (χ2n) is 31.3. The number of rotatable bonds is 32. The number of methoxy groups -OCH3 is 2. The van der Waals surface area contributed by atoms with E-state index in [-0.39, 0.29) is 90.0 Å². The Hall–Kier alpha value is -18.1. The summed E-state index contributed by atoms with van der Waals surface area (Å²) in [6.07, 6.45) is 8.35. The highest BCUT2D eigenvalue weighted by molar-refractivity contribution is 6.30. The molecule has 0 aliphatic rings. The molecule has 0 saturated carbocycles. The molecule has 8 aromatic heterocycles. The Morgan fingerprint density at radius 2 is 0.577 bits per heavy atom. The first kappa shape index (κ1) is 101. The van der Waals surface area contributed by atoms with Gasteiger partial charge in [0.2, 0.25) is 0 Å². The molecule has 16 rings (SSSR count). The van der Waals surface area contributed by atoms with E-state index < -0.39 is 46.4 Å². The number of aromatic nitrogens is 12. The quantitative estimate of drug-likeness (QED) is 0.0213. The first-order valence-electron chi connectivity index (χ1n) is 44.1. The van der Waals surface area contributed by atoms with Gasteiger partial charge in [0.15, 0.2) is 11.4 Å². The van der Waals surface area contributed by atoms with Crippen molar-refractivity contribution in [3.05, 3.63) is 441 Å². The van der Waals surface area contributed by atoms with Gasteiger partial charge in [-0.05, 0) is 209 Å². The van der Waals surface area contributed by atoms with Gasteiger partial charge in [0.25, 0.3) is 22.2 Å². The van der Waals surface area contributed by atoms with Crippen LogP contribution in [-0.2, 0) is 61.8 Å². The number of esters is 2. The maximum Gasteiger partial charge on any atom is 0.356 e. The third-order valence-electron chi connectivity index (χ3n) is 21.4. The van der Waals surface area contributed by atoms with Gasteiger partial charge in [-0.15, -0.1) is 0 Å². The molecule has 0 bridgehead atoms. The van der Waals surface area contributed by atoms with Gasteiger partial charge in [0, 0.05) is 120 Å². The molecule has 0 aliphatic heterocycles. The number of ether oxygens (including phenoxy) is 6. The van der Waals surface area contributed by atoms with E-state index in [0.717, 1.165) is 42.5 Å². The topological polar surface area (TPSA) is 440 Å². The molecule has 38 heteroatoms. The van der Waals surface area contributed by atoms with Gasteiger partial charge in [0.1, 0.15) is 69.3 Å². The Labute approximate surface area is 819 Å². The minimum atomic E-state index is -1.15. The summed E-state index contributed by atoms with van der Waals surface area (Å²) in [5.41, 5.74) is 5.54. The number of benzene rings is 8. The van der Waals surface area contributed by atoms with Crippen LogP contribution in [0.15, 0.2) is 330 Å². The molecule has 724 valence electrons. The fourth-order valence-corrected chi connectivity index (χ4v) is 14.3. The largest absolute Gasteiger partial charge is 0.478 e. The standard InChI is InChI=1S/2C27H26N4O5.2C25H21ClN4O5/c1-4-30-25(32)14-24(31(27(30)34)17-19-7-5-18(2)6-8-19)29-21-9-11-22(12-10-21)36-23-13-20(15-28-16-23)26(33)35-3;1-4-30-25(32)16-24(31(27(30)34)17-19-7-5-18(2)6-8-19)29-20-9-11-21(12-10-20)36-22-13-14-28-23(15-22)26(33)35-3;1-2-29-23(31)12-22(30(25(29)34)15-16-3-5-18(26)6-4-16)28-19-7-9-20(10-8-19)35-21-11-17(24(32)33)13-27-14-21;1-2-29-23(31)14-22(30(25(29)34)15-16-3-5-17(26)6-4-16)28-18-7-9-19(10-8-18)35-20-11-12-27-21(13-20)24(32)33/h2*5-16,29H,4,17H2,1-3H3;2*3-14,28H,2,15H2,1H3,(H,32,33).